The molecule has 0 unspecified atom stereocenters. The van der Waals surface area contributed by atoms with Gasteiger partial charge < -0.3 is 16.0 Å². The van der Waals surface area contributed by atoms with Gasteiger partial charge in [0.1, 0.15) is 12.1 Å². The summed E-state index contributed by atoms with van der Waals surface area (Å²) in [6, 6.07) is 3.07. The minimum atomic E-state index is -4.80. The molecule has 0 saturated heterocycles. The summed E-state index contributed by atoms with van der Waals surface area (Å²) in [4.78, 5) is -1.59. The summed E-state index contributed by atoms with van der Waals surface area (Å²) in [7, 11) is -9.59. The maximum Gasteiger partial charge on any atom is 0.230 e. The SMILES string of the molecule is CC(C)(C)NC=C(S(=O)(=O)/C(C#N)=C/NC(C)(C)C)S(=O)(=O)/C(C#N)=C/NC(C)(C)C. The molecule has 9 nitrogen and oxygen atoms in total. The van der Waals surface area contributed by atoms with Crippen LogP contribution in [0.3, 0.4) is 0 Å². The number of rotatable bonds is 7. The van der Waals surface area contributed by atoms with Crippen LogP contribution in [0.4, 0.5) is 0 Å². The van der Waals surface area contributed by atoms with Gasteiger partial charge in [-0.25, -0.2) is 16.8 Å². The molecule has 0 amide bonds. The van der Waals surface area contributed by atoms with Gasteiger partial charge in [0.15, 0.2) is 14.0 Å². The van der Waals surface area contributed by atoms with E-state index >= 15 is 0 Å². The van der Waals surface area contributed by atoms with Crippen LogP contribution in [0.2, 0.25) is 0 Å². The lowest BCUT2D eigenvalue weighted by Gasteiger charge is -2.21. The third-order valence-corrected chi connectivity index (χ3v) is 7.41. The second-order valence-corrected chi connectivity index (χ2v) is 13.9. The molecule has 0 aromatic carbocycles. The highest BCUT2D eigenvalue weighted by Crippen LogP contribution is 2.27. The van der Waals surface area contributed by atoms with E-state index in [1.54, 1.807) is 62.3 Å². The van der Waals surface area contributed by atoms with Gasteiger partial charge in [0.2, 0.25) is 19.7 Å². The first kappa shape index (κ1) is 28.5. The Hall–Kier alpha value is -2.50. The quantitative estimate of drug-likeness (QED) is 0.475. The minimum absolute atomic E-state index is 0.571. The molecule has 0 fully saturated rings. The van der Waals surface area contributed by atoms with Crippen molar-refractivity contribution in [3.05, 3.63) is 32.6 Å². The Bertz CT molecular complexity index is 973. The van der Waals surface area contributed by atoms with Gasteiger partial charge in [-0.1, -0.05) is 0 Å². The molecule has 0 rings (SSSR count). The van der Waals surface area contributed by atoms with Gasteiger partial charge in [-0.3, -0.25) is 0 Å². The molecule has 0 aliphatic rings. The number of hydrogen-bond donors (Lipinski definition) is 3. The number of nitrogens with one attached hydrogen (secondary N) is 3. The van der Waals surface area contributed by atoms with Crippen LogP contribution < -0.4 is 16.0 Å². The van der Waals surface area contributed by atoms with Crippen molar-refractivity contribution in [2.45, 2.75) is 78.9 Å². The van der Waals surface area contributed by atoms with Crippen molar-refractivity contribution < 1.29 is 16.8 Å². The molecule has 11 heteroatoms. The van der Waals surface area contributed by atoms with Gasteiger partial charge in [0.25, 0.3) is 0 Å². The Kier molecular flexibility index (Phi) is 8.97. The predicted molar refractivity (Wildman–Crippen MR) is 122 cm³/mol. The molecule has 3 N–H and O–H groups in total. The number of hydrogen-bond acceptors (Lipinski definition) is 9. The van der Waals surface area contributed by atoms with E-state index in [1.807, 2.05) is 0 Å². The van der Waals surface area contributed by atoms with Crippen LogP contribution in [0.1, 0.15) is 62.3 Å². The molecular weight excluding hydrogens is 438 g/mol. The van der Waals surface area contributed by atoms with Crippen LogP contribution in [0.5, 0.6) is 0 Å². The van der Waals surface area contributed by atoms with Crippen LogP contribution in [0.25, 0.3) is 0 Å². The van der Waals surface area contributed by atoms with Gasteiger partial charge >= 0.3 is 0 Å². The van der Waals surface area contributed by atoms with E-state index in [-0.39, 0.29) is 0 Å². The molecule has 0 spiro atoms. The minimum Gasteiger partial charge on any atom is -0.385 e. The van der Waals surface area contributed by atoms with Gasteiger partial charge in [-0.05, 0) is 62.3 Å². The Labute approximate surface area is 186 Å². The van der Waals surface area contributed by atoms with E-state index in [0.717, 1.165) is 18.6 Å². The largest absolute Gasteiger partial charge is 0.385 e. The summed E-state index contributed by atoms with van der Waals surface area (Å²) in [5, 5.41) is 27.1. The molecule has 0 aliphatic heterocycles. The molecule has 0 aromatic rings. The summed E-state index contributed by atoms with van der Waals surface area (Å²) >= 11 is 0. The van der Waals surface area contributed by atoms with Crippen molar-refractivity contribution in [2.75, 3.05) is 0 Å². The molecule has 0 aromatic heterocycles. The lowest BCUT2D eigenvalue weighted by Crippen LogP contribution is -2.34. The maximum atomic E-state index is 13.2. The Morgan fingerprint density at radius 3 is 1.10 bits per heavy atom. The topological polar surface area (TPSA) is 152 Å². The lowest BCUT2D eigenvalue weighted by atomic mass is 10.1. The molecule has 0 saturated carbocycles. The molecule has 0 radical (unpaired) electrons. The van der Waals surface area contributed by atoms with Crippen LogP contribution in [-0.2, 0) is 19.7 Å². The van der Waals surface area contributed by atoms with Crippen LogP contribution in [-0.4, -0.2) is 33.5 Å². The molecule has 31 heavy (non-hydrogen) atoms. The molecule has 0 aliphatic carbocycles. The average Bonchev–Trinajstić information content (AvgIpc) is 2.51. The standard InChI is InChI=1S/C20H33N5O4S2/c1-18(2,3)23-12-15(10-21)30(26,27)17(14-25-20(7,8)9)31(28,29)16(11-22)13-24-19(4,5)6/h12-14,23-25H,1-9H3/b15-12+,16-13+. The number of allylic oxidation sites excluding steroid dienone is 2. The first-order chi connectivity index (χ1) is 13.7. The highest BCUT2D eigenvalue weighted by molar-refractivity contribution is 8.17. The second kappa shape index (κ2) is 9.75. The summed E-state index contributed by atoms with van der Waals surface area (Å²) in [5.74, 6) is 0. The van der Waals surface area contributed by atoms with E-state index in [4.69, 9.17) is 0 Å². The normalized spacial score (nSPS) is 14.2. The monoisotopic (exact) mass is 471 g/mol. The van der Waals surface area contributed by atoms with Crippen molar-refractivity contribution >= 4 is 19.7 Å². The van der Waals surface area contributed by atoms with Gasteiger partial charge in [-0.15, -0.1) is 0 Å². The summed E-state index contributed by atoms with van der Waals surface area (Å²) in [5.41, 5.74) is -1.83. The summed E-state index contributed by atoms with van der Waals surface area (Å²) in [6.07, 6.45) is 2.73. The molecule has 0 heterocycles. The number of sulfone groups is 2. The van der Waals surface area contributed by atoms with E-state index in [0.29, 0.717) is 0 Å². The highest BCUT2D eigenvalue weighted by atomic mass is 32.3. The third kappa shape index (κ3) is 9.45. The van der Waals surface area contributed by atoms with Crippen molar-refractivity contribution in [1.29, 1.82) is 10.5 Å². The lowest BCUT2D eigenvalue weighted by molar-refractivity contribution is 0.490. The van der Waals surface area contributed by atoms with Crippen molar-refractivity contribution in [3.8, 4) is 12.1 Å². The zero-order chi connectivity index (χ0) is 24.9. The predicted octanol–water partition coefficient (Wildman–Crippen LogP) is 2.51. The molecule has 174 valence electrons. The average molecular weight is 472 g/mol. The molecule has 0 atom stereocenters. The van der Waals surface area contributed by atoms with Gasteiger partial charge in [-0.2, -0.15) is 10.5 Å². The van der Waals surface area contributed by atoms with Crippen molar-refractivity contribution in [2.24, 2.45) is 0 Å². The van der Waals surface area contributed by atoms with Crippen molar-refractivity contribution in [3.63, 3.8) is 0 Å². The number of nitriles is 2. The first-order valence-electron chi connectivity index (χ1n) is 9.41. The second-order valence-electron chi connectivity index (χ2n) is 9.89. The van der Waals surface area contributed by atoms with E-state index in [2.05, 4.69) is 16.0 Å². The fourth-order valence-electron chi connectivity index (χ4n) is 1.70. The highest BCUT2D eigenvalue weighted by Gasteiger charge is 2.38. The Morgan fingerprint density at radius 2 is 0.871 bits per heavy atom. The van der Waals surface area contributed by atoms with Gasteiger partial charge in [0, 0.05) is 35.2 Å². The maximum absolute atomic E-state index is 13.2. The number of nitrogens with zero attached hydrogens (tertiary/aromatic N) is 2. The van der Waals surface area contributed by atoms with Crippen molar-refractivity contribution in [1.82, 2.24) is 16.0 Å². The fourth-order valence-corrected chi connectivity index (χ4v) is 4.92. The summed E-state index contributed by atoms with van der Waals surface area (Å²) < 4.78 is 51.7. The van der Waals surface area contributed by atoms with Gasteiger partial charge in [0.05, 0.1) is 0 Å². The van der Waals surface area contributed by atoms with Crippen LogP contribution in [0, 0.1) is 22.7 Å². The first-order valence-corrected chi connectivity index (χ1v) is 12.4. The third-order valence-electron chi connectivity index (χ3n) is 3.22. The van der Waals surface area contributed by atoms with Crippen LogP contribution in [0.15, 0.2) is 32.6 Å². The van der Waals surface area contributed by atoms with E-state index in [1.165, 1.54) is 12.1 Å². The Morgan fingerprint density at radius 1 is 0.613 bits per heavy atom. The van der Waals surface area contributed by atoms with E-state index < -0.39 is 50.3 Å². The van der Waals surface area contributed by atoms with E-state index in [9.17, 15) is 27.4 Å². The summed E-state index contributed by atoms with van der Waals surface area (Å²) in [6.45, 7) is 15.6. The zero-order valence-electron chi connectivity index (χ0n) is 19.6. The fraction of sp³-hybridized carbons (Fsp3) is 0.600. The zero-order valence-corrected chi connectivity index (χ0v) is 21.2. The molecular formula is C20H33N5O4S2. The smallest absolute Gasteiger partial charge is 0.230 e. The Balaban J connectivity index is 6.87. The molecule has 0 bridgehead atoms. The van der Waals surface area contributed by atoms with Crippen LogP contribution >= 0.6 is 0 Å².